The first-order valence-corrected chi connectivity index (χ1v) is 6.17. The van der Waals surface area contributed by atoms with E-state index in [0.717, 1.165) is 28.1 Å². The average molecular weight is 296 g/mol. The molecule has 6 heteroatoms. The minimum Gasteiger partial charge on any atom is -0.384 e. The normalized spacial score (nSPS) is 10.8. The summed E-state index contributed by atoms with van der Waals surface area (Å²) in [5.41, 5.74) is 7.69. The molecule has 2 rings (SSSR count). The number of halogens is 1. The summed E-state index contributed by atoms with van der Waals surface area (Å²) in [7, 11) is 0. The standard InChI is InChI=1S/C11H14BrN5/c1-4-9-14-8(13)5-10(15-9)17-7(3)11(12)6(2)16-17/h5H,4H2,1-3H3,(H2,13,14,15). The van der Waals surface area contributed by atoms with Crippen LogP contribution >= 0.6 is 15.9 Å². The zero-order chi connectivity index (χ0) is 12.6. The fraction of sp³-hybridized carbons (Fsp3) is 0.364. The summed E-state index contributed by atoms with van der Waals surface area (Å²) in [5.74, 6) is 1.90. The van der Waals surface area contributed by atoms with E-state index in [-0.39, 0.29) is 0 Å². The minimum absolute atomic E-state index is 0.468. The molecule has 2 aromatic rings. The number of anilines is 1. The second-order valence-electron chi connectivity index (χ2n) is 3.82. The summed E-state index contributed by atoms with van der Waals surface area (Å²) in [6.45, 7) is 5.92. The van der Waals surface area contributed by atoms with Crippen molar-refractivity contribution in [3.63, 3.8) is 0 Å². The van der Waals surface area contributed by atoms with Gasteiger partial charge in [0.05, 0.1) is 15.9 Å². The van der Waals surface area contributed by atoms with Crippen LogP contribution in [0.15, 0.2) is 10.5 Å². The largest absolute Gasteiger partial charge is 0.384 e. The molecule has 0 saturated heterocycles. The molecule has 0 spiro atoms. The van der Waals surface area contributed by atoms with Crippen molar-refractivity contribution >= 4 is 21.7 Å². The monoisotopic (exact) mass is 295 g/mol. The van der Waals surface area contributed by atoms with E-state index in [0.29, 0.717) is 11.6 Å². The van der Waals surface area contributed by atoms with Gasteiger partial charge in [-0.05, 0) is 29.8 Å². The van der Waals surface area contributed by atoms with Crippen molar-refractivity contribution in [2.45, 2.75) is 27.2 Å². The third-order valence-corrected chi connectivity index (χ3v) is 3.66. The fourth-order valence-corrected chi connectivity index (χ4v) is 1.86. The molecule has 17 heavy (non-hydrogen) atoms. The van der Waals surface area contributed by atoms with Gasteiger partial charge in [0, 0.05) is 12.5 Å². The molecule has 0 radical (unpaired) electrons. The van der Waals surface area contributed by atoms with E-state index in [1.807, 2.05) is 20.8 Å². The molecule has 0 fully saturated rings. The van der Waals surface area contributed by atoms with Gasteiger partial charge in [-0.15, -0.1) is 0 Å². The van der Waals surface area contributed by atoms with Crippen molar-refractivity contribution < 1.29 is 0 Å². The Bertz CT molecular complexity index is 561. The Morgan fingerprint density at radius 1 is 1.35 bits per heavy atom. The Morgan fingerprint density at radius 2 is 2.06 bits per heavy atom. The molecule has 2 N–H and O–H groups in total. The van der Waals surface area contributed by atoms with Gasteiger partial charge in [-0.2, -0.15) is 5.10 Å². The highest BCUT2D eigenvalue weighted by atomic mass is 79.9. The van der Waals surface area contributed by atoms with Crippen LogP contribution in [0.25, 0.3) is 5.82 Å². The third kappa shape index (κ3) is 2.17. The summed E-state index contributed by atoms with van der Waals surface area (Å²) >= 11 is 3.49. The SMILES string of the molecule is CCc1nc(N)cc(-n2nc(C)c(Br)c2C)n1. The molecule has 0 unspecified atom stereocenters. The Labute approximate surface area is 108 Å². The lowest BCUT2D eigenvalue weighted by Crippen LogP contribution is -2.07. The van der Waals surface area contributed by atoms with Gasteiger partial charge in [0.2, 0.25) is 0 Å². The Kier molecular flexibility index (Phi) is 3.15. The number of rotatable bonds is 2. The van der Waals surface area contributed by atoms with Gasteiger partial charge in [-0.3, -0.25) is 0 Å². The molecule has 0 amide bonds. The summed E-state index contributed by atoms with van der Waals surface area (Å²) in [6.07, 6.45) is 0.749. The van der Waals surface area contributed by atoms with Crippen molar-refractivity contribution in [3.05, 3.63) is 27.8 Å². The summed E-state index contributed by atoms with van der Waals surface area (Å²) < 4.78 is 2.77. The maximum Gasteiger partial charge on any atom is 0.159 e. The lowest BCUT2D eigenvalue weighted by atomic mass is 10.4. The van der Waals surface area contributed by atoms with E-state index in [1.54, 1.807) is 10.7 Å². The van der Waals surface area contributed by atoms with E-state index in [2.05, 4.69) is 31.0 Å². The molecule has 0 aromatic carbocycles. The van der Waals surface area contributed by atoms with Gasteiger partial charge in [0.1, 0.15) is 11.6 Å². The lowest BCUT2D eigenvalue weighted by molar-refractivity contribution is 0.784. The molecule has 0 aliphatic heterocycles. The number of nitrogen functional groups attached to an aromatic ring is 1. The highest BCUT2D eigenvalue weighted by Gasteiger charge is 2.12. The molecule has 2 aromatic heterocycles. The van der Waals surface area contributed by atoms with Crippen molar-refractivity contribution in [1.29, 1.82) is 0 Å². The molecule has 0 aliphatic carbocycles. The highest BCUT2D eigenvalue weighted by molar-refractivity contribution is 9.10. The number of aryl methyl sites for hydroxylation is 2. The first kappa shape index (κ1) is 12.0. The second-order valence-corrected chi connectivity index (χ2v) is 4.61. The Morgan fingerprint density at radius 3 is 2.59 bits per heavy atom. The van der Waals surface area contributed by atoms with Gasteiger partial charge in [-0.1, -0.05) is 6.92 Å². The molecular weight excluding hydrogens is 282 g/mol. The van der Waals surface area contributed by atoms with Gasteiger partial charge < -0.3 is 5.73 Å². The molecule has 0 aliphatic rings. The Hall–Kier alpha value is -1.43. The van der Waals surface area contributed by atoms with Gasteiger partial charge in [0.15, 0.2) is 5.82 Å². The predicted molar refractivity (Wildman–Crippen MR) is 70.1 cm³/mol. The summed E-state index contributed by atoms with van der Waals surface area (Å²) in [5, 5.41) is 4.42. The van der Waals surface area contributed by atoms with Crippen molar-refractivity contribution in [2.24, 2.45) is 0 Å². The van der Waals surface area contributed by atoms with Crippen LogP contribution in [0.2, 0.25) is 0 Å². The highest BCUT2D eigenvalue weighted by Crippen LogP contribution is 2.22. The third-order valence-electron chi connectivity index (χ3n) is 2.51. The number of hydrogen-bond donors (Lipinski definition) is 1. The van der Waals surface area contributed by atoms with Gasteiger partial charge in [0.25, 0.3) is 0 Å². The van der Waals surface area contributed by atoms with Gasteiger partial charge in [-0.25, -0.2) is 14.6 Å². The van der Waals surface area contributed by atoms with Crippen LogP contribution < -0.4 is 5.73 Å². The van der Waals surface area contributed by atoms with Crippen LogP contribution in [0.4, 0.5) is 5.82 Å². The van der Waals surface area contributed by atoms with E-state index >= 15 is 0 Å². The summed E-state index contributed by atoms with van der Waals surface area (Å²) in [4.78, 5) is 8.58. The minimum atomic E-state index is 0.468. The van der Waals surface area contributed by atoms with Gasteiger partial charge >= 0.3 is 0 Å². The maximum atomic E-state index is 5.76. The van der Waals surface area contributed by atoms with Crippen molar-refractivity contribution in [2.75, 3.05) is 5.73 Å². The second kappa shape index (κ2) is 4.44. The zero-order valence-electron chi connectivity index (χ0n) is 10.0. The molecule has 0 atom stereocenters. The fourth-order valence-electron chi connectivity index (χ4n) is 1.62. The van der Waals surface area contributed by atoms with E-state index in [1.165, 1.54) is 0 Å². The van der Waals surface area contributed by atoms with Crippen LogP contribution in [0.1, 0.15) is 24.1 Å². The summed E-state index contributed by atoms with van der Waals surface area (Å²) in [6, 6.07) is 1.73. The predicted octanol–water partition coefficient (Wildman–Crippen LogP) is 2.19. The van der Waals surface area contributed by atoms with E-state index in [9.17, 15) is 0 Å². The van der Waals surface area contributed by atoms with Crippen LogP contribution in [0.5, 0.6) is 0 Å². The molecule has 2 heterocycles. The molecule has 0 saturated carbocycles. The van der Waals surface area contributed by atoms with Crippen molar-refractivity contribution in [1.82, 2.24) is 19.7 Å². The number of nitrogens with two attached hydrogens (primary N) is 1. The van der Waals surface area contributed by atoms with Crippen LogP contribution in [0, 0.1) is 13.8 Å². The lowest BCUT2D eigenvalue weighted by Gasteiger charge is -2.06. The average Bonchev–Trinajstić information content (AvgIpc) is 2.56. The first-order chi connectivity index (χ1) is 8.02. The first-order valence-electron chi connectivity index (χ1n) is 5.38. The molecule has 5 nitrogen and oxygen atoms in total. The maximum absolute atomic E-state index is 5.76. The number of nitrogens with zero attached hydrogens (tertiary/aromatic N) is 4. The van der Waals surface area contributed by atoms with E-state index < -0.39 is 0 Å². The zero-order valence-corrected chi connectivity index (χ0v) is 11.6. The quantitative estimate of drug-likeness (QED) is 0.922. The molecule has 0 bridgehead atoms. The van der Waals surface area contributed by atoms with Crippen LogP contribution in [-0.4, -0.2) is 19.7 Å². The number of hydrogen-bond acceptors (Lipinski definition) is 4. The van der Waals surface area contributed by atoms with Crippen LogP contribution in [-0.2, 0) is 6.42 Å². The number of aromatic nitrogens is 4. The topological polar surface area (TPSA) is 69.6 Å². The van der Waals surface area contributed by atoms with Crippen LogP contribution in [0.3, 0.4) is 0 Å². The van der Waals surface area contributed by atoms with Crippen molar-refractivity contribution in [3.8, 4) is 5.82 Å². The molecular formula is C11H14BrN5. The van der Waals surface area contributed by atoms with E-state index in [4.69, 9.17) is 5.73 Å². The Balaban J connectivity index is 2.59. The molecule has 90 valence electrons. The smallest absolute Gasteiger partial charge is 0.159 e.